The molecule has 0 bridgehead atoms. The topological polar surface area (TPSA) is 67.2 Å². The van der Waals surface area contributed by atoms with Crippen LogP contribution >= 0.6 is 11.8 Å². The second-order valence-electron chi connectivity index (χ2n) is 6.68. The summed E-state index contributed by atoms with van der Waals surface area (Å²) >= 11 is 1.66. The number of nitrogens with zero attached hydrogens (tertiary/aromatic N) is 3. The van der Waals surface area contributed by atoms with Crippen LogP contribution in [-0.2, 0) is 16.1 Å². The van der Waals surface area contributed by atoms with Crippen LogP contribution in [0.3, 0.4) is 0 Å². The van der Waals surface area contributed by atoms with Crippen molar-refractivity contribution in [2.75, 3.05) is 24.2 Å². The first-order valence-electron chi connectivity index (χ1n) is 8.76. The lowest BCUT2D eigenvalue weighted by molar-refractivity contribution is -0.126. The van der Waals surface area contributed by atoms with Gasteiger partial charge in [-0.05, 0) is 42.5 Å². The maximum absolute atomic E-state index is 12.5. The number of amides is 2. The highest BCUT2D eigenvalue weighted by Gasteiger charge is 2.35. The highest BCUT2D eigenvalue weighted by molar-refractivity contribution is 7.98. The van der Waals surface area contributed by atoms with E-state index in [0.29, 0.717) is 13.1 Å². The number of benzene rings is 1. The first kappa shape index (κ1) is 18.5. The van der Waals surface area contributed by atoms with Crippen LogP contribution in [0.2, 0.25) is 0 Å². The van der Waals surface area contributed by atoms with Gasteiger partial charge in [-0.25, -0.2) is 0 Å². The van der Waals surface area contributed by atoms with Crippen molar-refractivity contribution >= 4 is 29.3 Å². The number of rotatable bonds is 7. The fourth-order valence-corrected chi connectivity index (χ4v) is 3.51. The van der Waals surface area contributed by atoms with E-state index in [1.165, 1.54) is 0 Å². The van der Waals surface area contributed by atoms with Gasteiger partial charge in [-0.3, -0.25) is 14.3 Å². The van der Waals surface area contributed by atoms with E-state index in [1.807, 2.05) is 47.5 Å². The Bertz CT molecular complexity index is 745. The van der Waals surface area contributed by atoms with Gasteiger partial charge < -0.3 is 10.2 Å². The molecule has 2 atom stereocenters. The van der Waals surface area contributed by atoms with Crippen LogP contribution in [0.5, 0.6) is 0 Å². The van der Waals surface area contributed by atoms with Crippen LogP contribution in [0.4, 0.5) is 5.69 Å². The van der Waals surface area contributed by atoms with Gasteiger partial charge in [0.15, 0.2) is 0 Å². The van der Waals surface area contributed by atoms with E-state index < -0.39 is 0 Å². The third-order valence-electron chi connectivity index (χ3n) is 4.56. The minimum absolute atomic E-state index is 0.00615. The highest BCUT2D eigenvalue weighted by atomic mass is 32.2. The first-order valence-corrected chi connectivity index (χ1v) is 9.99. The molecule has 1 aliphatic heterocycles. The predicted molar refractivity (Wildman–Crippen MR) is 103 cm³/mol. The number of thioether (sulfide) groups is 1. The number of hydrogen-bond acceptors (Lipinski definition) is 4. The molecule has 1 aromatic heterocycles. The van der Waals surface area contributed by atoms with Crippen LogP contribution in [0.15, 0.2) is 47.6 Å². The van der Waals surface area contributed by atoms with Crippen molar-refractivity contribution in [3.8, 4) is 0 Å². The number of hydrogen-bond donors (Lipinski definition) is 1. The third-order valence-corrected chi connectivity index (χ3v) is 5.31. The summed E-state index contributed by atoms with van der Waals surface area (Å²) in [6, 6.07) is 9.76. The van der Waals surface area contributed by atoms with Crippen molar-refractivity contribution in [3.63, 3.8) is 0 Å². The quantitative estimate of drug-likeness (QED) is 0.758. The molecule has 3 rings (SSSR count). The molecule has 0 spiro atoms. The molecule has 26 heavy (non-hydrogen) atoms. The molecule has 2 aromatic rings. The van der Waals surface area contributed by atoms with Crippen molar-refractivity contribution in [1.82, 2.24) is 15.1 Å². The summed E-state index contributed by atoms with van der Waals surface area (Å²) in [7, 11) is 0. The molecule has 0 radical (unpaired) electrons. The number of carbonyl (C=O) groups is 2. The van der Waals surface area contributed by atoms with E-state index in [9.17, 15) is 9.59 Å². The van der Waals surface area contributed by atoms with Gasteiger partial charge in [0.05, 0.1) is 5.92 Å². The molecule has 7 heteroatoms. The molecule has 1 aromatic carbocycles. The maximum atomic E-state index is 12.5. The fourth-order valence-electron chi connectivity index (χ4n) is 3.11. The summed E-state index contributed by atoms with van der Waals surface area (Å²) in [6.45, 7) is 3.84. The minimum Gasteiger partial charge on any atom is -0.355 e. The normalized spacial score (nSPS) is 18.2. The first-order chi connectivity index (χ1) is 12.6. The number of nitrogens with one attached hydrogen (secondary N) is 1. The Morgan fingerprint density at radius 2 is 2.15 bits per heavy atom. The molecule has 2 unspecified atom stereocenters. The van der Waals surface area contributed by atoms with Crippen LogP contribution < -0.4 is 10.2 Å². The van der Waals surface area contributed by atoms with Crippen molar-refractivity contribution < 1.29 is 9.59 Å². The number of aromatic nitrogens is 2. The van der Waals surface area contributed by atoms with Gasteiger partial charge in [-0.2, -0.15) is 5.10 Å². The second-order valence-corrected chi connectivity index (χ2v) is 7.56. The van der Waals surface area contributed by atoms with Gasteiger partial charge in [0.25, 0.3) is 0 Å². The Hall–Kier alpha value is -2.28. The van der Waals surface area contributed by atoms with E-state index in [1.54, 1.807) is 22.9 Å². The smallest absolute Gasteiger partial charge is 0.227 e. The van der Waals surface area contributed by atoms with Crippen molar-refractivity contribution in [3.05, 3.63) is 42.7 Å². The van der Waals surface area contributed by atoms with Crippen molar-refractivity contribution in [2.45, 2.75) is 24.8 Å². The Kier molecular flexibility index (Phi) is 5.98. The van der Waals surface area contributed by atoms with Crippen LogP contribution in [0.1, 0.15) is 13.3 Å². The highest BCUT2D eigenvalue weighted by Crippen LogP contribution is 2.27. The third kappa shape index (κ3) is 4.46. The lowest BCUT2D eigenvalue weighted by Gasteiger charge is -2.18. The van der Waals surface area contributed by atoms with Crippen molar-refractivity contribution in [2.24, 2.45) is 11.8 Å². The predicted octanol–water partition coefficient (Wildman–Crippen LogP) is 2.41. The molecule has 6 nitrogen and oxygen atoms in total. The molecule has 0 aliphatic carbocycles. The molecule has 2 heterocycles. The maximum Gasteiger partial charge on any atom is 0.227 e. The summed E-state index contributed by atoms with van der Waals surface area (Å²) in [4.78, 5) is 27.6. The Balaban J connectivity index is 1.51. The summed E-state index contributed by atoms with van der Waals surface area (Å²) in [6.07, 6.45) is 5.94. The number of anilines is 1. The summed E-state index contributed by atoms with van der Waals surface area (Å²) < 4.78 is 1.86. The molecule has 2 amide bonds. The molecular weight excluding hydrogens is 348 g/mol. The van der Waals surface area contributed by atoms with E-state index in [4.69, 9.17) is 0 Å². The Labute approximate surface area is 157 Å². The van der Waals surface area contributed by atoms with Crippen LogP contribution in [0.25, 0.3) is 0 Å². The SMILES string of the molecule is CSc1ccc(N2CC(C(=O)NCC(C)Cn3cccn3)CC2=O)cc1. The van der Waals surface area contributed by atoms with Gasteiger partial charge in [0.2, 0.25) is 11.8 Å². The lowest BCUT2D eigenvalue weighted by Crippen LogP contribution is -2.36. The fraction of sp³-hybridized carbons (Fsp3) is 0.421. The average molecular weight is 372 g/mol. The van der Waals surface area contributed by atoms with Gasteiger partial charge >= 0.3 is 0 Å². The van der Waals surface area contributed by atoms with Gasteiger partial charge in [0, 0.05) is 49.0 Å². The summed E-state index contributed by atoms with van der Waals surface area (Å²) in [5, 5.41) is 7.16. The molecule has 1 aliphatic rings. The van der Waals surface area contributed by atoms with E-state index in [-0.39, 0.29) is 30.1 Å². The van der Waals surface area contributed by atoms with Gasteiger partial charge in [-0.15, -0.1) is 11.8 Å². The molecule has 1 saturated heterocycles. The zero-order valence-corrected chi connectivity index (χ0v) is 15.9. The number of carbonyl (C=O) groups excluding carboxylic acids is 2. The molecular formula is C19H24N4O2S. The zero-order chi connectivity index (χ0) is 18.5. The van der Waals surface area contributed by atoms with Gasteiger partial charge in [-0.1, -0.05) is 6.92 Å². The Morgan fingerprint density at radius 3 is 2.81 bits per heavy atom. The minimum atomic E-state index is -0.292. The van der Waals surface area contributed by atoms with E-state index in [2.05, 4.69) is 17.3 Å². The standard InChI is InChI=1S/C19H24N4O2S/c1-14(12-22-9-3-8-21-22)11-20-19(25)15-10-18(24)23(13-15)16-4-6-17(26-2)7-5-16/h3-9,14-15H,10-13H2,1-2H3,(H,20,25). The molecule has 0 saturated carbocycles. The van der Waals surface area contributed by atoms with Crippen LogP contribution in [0, 0.1) is 11.8 Å². The van der Waals surface area contributed by atoms with E-state index >= 15 is 0 Å². The molecule has 1 fully saturated rings. The van der Waals surface area contributed by atoms with Crippen molar-refractivity contribution in [1.29, 1.82) is 0 Å². The summed E-state index contributed by atoms with van der Waals surface area (Å²) in [5.74, 6) is -0.0636. The molecule has 1 N–H and O–H groups in total. The monoisotopic (exact) mass is 372 g/mol. The van der Waals surface area contributed by atoms with Gasteiger partial charge in [0.1, 0.15) is 0 Å². The lowest BCUT2D eigenvalue weighted by atomic mass is 10.1. The largest absolute Gasteiger partial charge is 0.355 e. The van der Waals surface area contributed by atoms with Crippen LogP contribution in [-0.4, -0.2) is 40.9 Å². The summed E-state index contributed by atoms with van der Waals surface area (Å²) in [5.41, 5.74) is 0.857. The zero-order valence-electron chi connectivity index (χ0n) is 15.1. The molecule has 138 valence electrons. The van der Waals surface area contributed by atoms with E-state index in [0.717, 1.165) is 17.1 Å². The second kappa shape index (κ2) is 8.40. The Morgan fingerprint density at radius 1 is 1.38 bits per heavy atom. The average Bonchev–Trinajstić information content (AvgIpc) is 3.29.